The van der Waals surface area contributed by atoms with E-state index in [0.717, 1.165) is 26.6 Å². The van der Waals surface area contributed by atoms with E-state index in [1.54, 1.807) is 23.1 Å². The lowest BCUT2D eigenvalue weighted by molar-refractivity contribution is -0.123. The molecule has 236 valence electrons. The van der Waals surface area contributed by atoms with Gasteiger partial charge in [-0.15, -0.1) is 11.3 Å². The van der Waals surface area contributed by atoms with Gasteiger partial charge in [0.2, 0.25) is 11.8 Å². The van der Waals surface area contributed by atoms with Crippen LogP contribution in [0.25, 0.3) is 21.0 Å². The van der Waals surface area contributed by atoms with Crippen molar-refractivity contribution in [2.45, 2.75) is 25.3 Å². The zero-order chi connectivity index (χ0) is 31.9. The lowest BCUT2D eigenvalue weighted by Gasteiger charge is -2.22. The minimum Gasteiger partial charge on any atom is -0.368 e. The first-order valence-corrected chi connectivity index (χ1v) is 16.2. The number of rotatable bonds is 3. The van der Waals surface area contributed by atoms with E-state index < -0.39 is 11.9 Å². The number of aromatic nitrogens is 2. The molecular formula is C34H35N7O4S. The van der Waals surface area contributed by atoms with Crippen LogP contribution in [0.1, 0.15) is 38.6 Å². The van der Waals surface area contributed by atoms with Gasteiger partial charge in [-0.25, -0.2) is 4.98 Å². The molecule has 0 aliphatic carbocycles. The quantitative estimate of drug-likeness (QED) is 0.204. The smallest absolute Gasteiger partial charge is 0.270 e. The van der Waals surface area contributed by atoms with E-state index in [9.17, 15) is 19.2 Å². The summed E-state index contributed by atoms with van der Waals surface area (Å²) in [4.78, 5) is 63.0. The van der Waals surface area contributed by atoms with Crippen molar-refractivity contribution in [3.63, 3.8) is 0 Å². The highest BCUT2D eigenvalue weighted by Crippen LogP contribution is 2.26. The summed E-state index contributed by atoms with van der Waals surface area (Å²) >= 11 is 1.41. The van der Waals surface area contributed by atoms with Gasteiger partial charge in [-0.2, -0.15) is 0 Å². The van der Waals surface area contributed by atoms with Crippen LogP contribution in [0.5, 0.6) is 0 Å². The molecule has 12 heteroatoms. The van der Waals surface area contributed by atoms with Crippen LogP contribution in [-0.2, 0) is 16.0 Å². The van der Waals surface area contributed by atoms with Gasteiger partial charge >= 0.3 is 0 Å². The third-order valence-electron chi connectivity index (χ3n) is 7.87. The van der Waals surface area contributed by atoms with Gasteiger partial charge in [-0.1, -0.05) is 42.5 Å². The summed E-state index contributed by atoms with van der Waals surface area (Å²) in [7, 11) is 0. The molecule has 2 bridgehead atoms. The molecule has 5 N–H and O–H groups in total. The molecule has 1 aliphatic rings. The van der Waals surface area contributed by atoms with Crippen molar-refractivity contribution in [2.75, 3.05) is 38.0 Å². The van der Waals surface area contributed by atoms with Crippen molar-refractivity contribution in [3.8, 4) is 0 Å². The maximum Gasteiger partial charge on any atom is 0.270 e. The van der Waals surface area contributed by atoms with Gasteiger partial charge in [-0.3, -0.25) is 19.2 Å². The summed E-state index contributed by atoms with van der Waals surface area (Å²) in [6.07, 6.45) is 3.29. The zero-order valence-electron chi connectivity index (χ0n) is 25.2. The Hall–Kier alpha value is -5.23. The number of thiophene rings is 1. The standard InChI is InChI=1S/C34H35N7O4S/c42-31-21-41(34(45)29-19-22-8-1-4-12-28(22)46-29)17-6-5-14-37-32(43)27(18-23-20-38-25-10-3-2-9-24(23)25)40-33(44)26-11-7-13-30(39-26)35-15-16-36-31/h1-4,7-13,19-20,27,38H,5-6,14-18,21H2,(H,35,39)(H,36,42)(H,37,43)(H,40,44)/t27-/m0/s1. The fraction of sp³-hybridized carbons (Fsp3) is 0.265. The van der Waals surface area contributed by atoms with Crippen molar-refractivity contribution in [1.29, 1.82) is 0 Å². The van der Waals surface area contributed by atoms with Crippen molar-refractivity contribution < 1.29 is 19.2 Å². The number of nitrogens with zero attached hydrogens (tertiary/aromatic N) is 2. The van der Waals surface area contributed by atoms with Crippen LogP contribution < -0.4 is 21.3 Å². The van der Waals surface area contributed by atoms with Gasteiger partial charge in [0.15, 0.2) is 0 Å². The highest BCUT2D eigenvalue weighted by atomic mass is 32.1. The third kappa shape index (κ3) is 7.35. The zero-order valence-corrected chi connectivity index (χ0v) is 26.0. The first-order valence-electron chi connectivity index (χ1n) is 15.3. The number of aromatic amines is 1. The number of fused-ring (bicyclic) bond motifs is 4. The molecule has 6 rings (SSSR count). The largest absolute Gasteiger partial charge is 0.368 e. The van der Waals surface area contributed by atoms with Gasteiger partial charge in [0.25, 0.3) is 11.8 Å². The summed E-state index contributed by atoms with van der Waals surface area (Å²) in [5.74, 6) is -0.803. The number of pyridine rings is 1. The van der Waals surface area contributed by atoms with Gasteiger partial charge in [-0.05, 0) is 54.1 Å². The van der Waals surface area contributed by atoms with Crippen LogP contribution >= 0.6 is 11.3 Å². The Labute approximate surface area is 269 Å². The monoisotopic (exact) mass is 637 g/mol. The number of para-hydroxylation sites is 1. The maximum atomic E-state index is 13.6. The van der Waals surface area contributed by atoms with Crippen molar-refractivity contribution >= 4 is 61.8 Å². The molecule has 0 unspecified atom stereocenters. The van der Waals surface area contributed by atoms with E-state index in [2.05, 4.69) is 31.2 Å². The van der Waals surface area contributed by atoms with Crippen molar-refractivity contribution in [2.24, 2.45) is 0 Å². The van der Waals surface area contributed by atoms with E-state index >= 15 is 0 Å². The second-order valence-electron chi connectivity index (χ2n) is 11.1. The number of carbonyl (C=O) groups is 4. The molecule has 0 radical (unpaired) electrons. The van der Waals surface area contributed by atoms with Gasteiger partial charge < -0.3 is 31.2 Å². The summed E-state index contributed by atoms with van der Waals surface area (Å²) < 4.78 is 1.01. The summed E-state index contributed by atoms with van der Waals surface area (Å²) in [6, 6.07) is 21.7. The number of H-pyrrole nitrogens is 1. The van der Waals surface area contributed by atoms with E-state index in [1.807, 2.05) is 60.8 Å². The van der Waals surface area contributed by atoms with Crippen LogP contribution in [0, 0.1) is 0 Å². The Morgan fingerprint density at radius 2 is 1.72 bits per heavy atom. The maximum absolute atomic E-state index is 13.6. The molecule has 0 spiro atoms. The molecule has 1 aliphatic heterocycles. The van der Waals surface area contributed by atoms with Crippen LogP contribution in [0.2, 0.25) is 0 Å². The molecule has 11 nitrogen and oxygen atoms in total. The normalized spacial score (nSPS) is 17.3. The molecule has 1 atom stereocenters. The minimum atomic E-state index is -0.847. The van der Waals surface area contributed by atoms with E-state index in [4.69, 9.17) is 0 Å². The fourth-order valence-electron chi connectivity index (χ4n) is 5.50. The average Bonchev–Trinajstić information content (AvgIpc) is 3.69. The first-order chi connectivity index (χ1) is 22.4. The van der Waals surface area contributed by atoms with E-state index in [1.165, 1.54) is 11.3 Å². The van der Waals surface area contributed by atoms with Gasteiger partial charge in [0.1, 0.15) is 17.6 Å². The molecule has 0 fully saturated rings. The second-order valence-corrected chi connectivity index (χ2v) is 12.2. The first kappa shape index (κ1) is 30.8. The van der Waals surface area contributed by atoms with Crippen LogP contribution in [0.15, 0.2) is 79.0 Å². The number of amides is 4. The van der Waals surface area contributed by atoms with E-state index in [0.29, 0.717) is 49.7 Å². The summed E-state index contributed by atoms with van der Waals surface area (Å²) in [5.41, 5.74) is 2.02. The Morgan fingerprint density at radius 3 is 2.61 bits per heavy atom. The number of benzene rings is 2. The SMILES string of the molecule is O=C1CN(C(=O)c2cc3ccccc3s2)CCCCNC(=O)[C@H](Cc2c[nH]c3ccccc23)NC(=O)c2cccc(n2)NCCN1. The number of anilines is 1. The minimum absolute atomic E-state index is 0.0850. The molecule has 0 saturated carbocycles. The van der Waals surface area contributed by atoms with Crippen LogP contribution in [-0.4, -0.2) is 77.3 Å². The Morgan fingerprint density at radius 1 is 0.891 bits per heavy atom. The van der Waals surface area contributed by atoms with Crippen LogP contribution in [0.3, 0.4) is 0 Å². The lowest BCUT2D eigenvalue weighted by atomic mass is 10.0. The molecule has 4 heterocycles. The molecule has 5 aromatic rings. The third-order valence-corrected chi connectivity index (χ3v) is 8.97. The molecule has 3 aromatic heterocycles. The number of carbonyl (C=O) groups excluding carboxylic acids is 4. The molecule has 2 aromatic carbocycles. The predicted molar refractivity (Wildman–Crippen MR) is 179 cm³/mol. The van der Waals surface area contributed by atoms with Crippen molar-refractivity contribution in [1.82, 2.24) is 30.8 Å². The van der Waals surface area contributed by atoms with E-state index in [-0.39, 0.29) is 36.4 Å². The molecule has 4 amide bonds. The Bertz CT molecular complexity index is 1850. The highest BCUT2D eigenvalue weighted by molar-refractivity contribution is 7.20. The van der Waals surface area contributed by atoms with Crippen LogP contribution in [0.4, 0.5) is 5.82 Å². The Kier molecular flexibility index (Phi) is 9.54. The highest BCUT2D eigenvalue weighted by Gasteiger charge is 2.25. The number of nitrogens with one attached hydrogen (secondary N) is 5. The van der Waals surface area contributed by atoms with Gasteiger partial charge in [0, 0.05) is 54.4 Å². The number of hydrogen-bond donors (Lipinski definition) is 5. The average molecular weight is 638 g/mol. The lowest BCUT2D eigenvalue weighted by Crippen LogP contribution is -2.48. The fourth-order valence-corrected chi connectivity index (χ4v) is 6.53. The molecule has 0 saturated heterocycles. The van der Waals surface area contributed by atoms with Gasteiger partial charge in [0.05, 0.1) is 11.4 Å². The second kappa shape index (κ2) is 14.2. The molecular weight excluding hydrogens is 602 g/mol. The molecule has 46 heavy (non-hydrogen) atoms. The number of hydrogen-bond acceptors (Lipinski definition) is 7. The summed E-state index contributed by atoms with van der Waals surface area (Å²) in [5, 5.41) is 13.8. The summed E-state index contributed by atoms with van der Waals surface area (Å²) in [6.45, 7) is 1.26. The Balaban J connectivity index is 1.20. The topological polar surface area (TPSA) is 148 Å². The van der Waals surface area contributed by atoms with Crippen molar-refractivity contribution in [3.05, 3.63) is 95.1 Å². The predicted octanol–water partition coefficient (Wildman–Crippen LogP) is 3.70.